The van der Waals surface area contributed by atoms with Crippen LogP contribution in [0.2, 0.25) is 0 Å². The number of rotatable bonds is 5. The third kappa shape index (κ3) is 3.26. The van der Waals surface area contributed by atoms with Crippen LogP contribution in [0.1, 0.15) is 58.8 Å². The van der Waals surface area contributed by atoms with Gasteiger partial charge >= 0.3 is 0 Å². The molecule has 0 aromatic rings. The van der Waals surface area contributed by atoms with Crippen molar-refractivity contribution in [1.82, 2.24) is 9.80 Å². The Kier molecular flexibility index (Phi) is 4.28. The summed E-state index contributed by atoms with van der Waals surface area (Å²) in [6.45, 7) is 6.13. The lowest BCUT2D eigenvalue weighted by molar-refractivity contribution is -0.149. The van der Waals surface area contributed by atoms with Crippen molar-refractivity contribution in [3.8, 4) is 0 Å². The van der Waals surface area contributed by atoms with Crippen LogP contribution in [-0.2, 0) is 4.79 Å². The highest BCUT2D eigenvalue weighted by atomic mass is 16.3. The van der Waals surface area contributed by atoms with Gasteiger partial charge in [0, 0.05) is 25.2 Å². The molecule has 0 unspecified atom stereocenters. The van der Waals surface area contributed by atoms with E-state index >= 15 is 0 Å². The van der Waals surface area contributed by atoms with Gasteiger partial charge in [-0.3, -0.25) is 9.69 Å². The number of carbonyl (C=O) groups is 1. The fourth-order valence-electron chi connectivity index (χ4n) is 4.26. The van der Waals surface area contributed by atoms with E-state index in [1.165, 1.54) is 32.1 Å². The molecule has 1 heterocycles. The molecule has 21 heavy (non-hydrogen) atoms. The smallest absolute Gasteiger partial charge is 0.237 e. The highest BCUT2D eigenvalue weighted by Crippen LogP contribution is 2.44. The zero-order valence-electron chi connectivity index (χ0n) is 13.6. The molecule has 0 radical (unpaired) electrons. The summed E-state index contributed by atoms with van der Waals surface area (Å²) in [6.07, 6.45) is 8.48. The van der Waals surface area contributed by atoms with Gasteiger partial charge in [-0.25, -0.2) is 0 Å². The first-order valence-corrected chi connectivity index (χ1v) is 8.75. The van der Waals surface area contributed by atoms with Crippen molar-refractivity contribution in [1.29, 1.82) is 0 Å². The third-order valence-corrected chi connectivity index (χ3v) is 5.50. The maximum absolute atomic E-state index is 12.7. The van der Waals surface area contributed by atoms with Crippen molar-refractivity contribution in [3.63, 3.8) is 0 Å². The van der Waals surface area contributed by atoms with E-state index in [0.29, 0.717) is 31.6 Å². The molecular formula is C17H30N2O2. The number of likely N-dealkylation sites (tertiary alicyclic amines) is 1. The van der Waals surface area contributed by atoms with Gasteiger partial charge in [-0.05, 0) is 45.4 Å². The quantitative estimate of drug-likeness (QED) is 0.843. The van der Waals surface area contributed by atoms with Gasteiger partial charge in [-0.2, -0.15) is 0 Å². The Morgan fingerprint density at radius 2 is 1.81 bits per heavy atom. The van der Waals surface area contributed by atoms with Crippen LogP contribution in [0, 0.1) is 5.92 Å². The second-order valence-electron chi connectivity index (χ2n) is 7.71. The van der Waals surface area contributed by atoms with Crippen LogP contribution in [0.25, 0.3) is 0 Å². The van der Waals surface area contributed by atoms with Crippen LogP contribution < -0.4 is 0 Å². The maximum Gasteiger partial charge on any atom is 0.237 e. The van der Waals surface area contributed by atoms with Crippen LogP contribution >= 0.6 is 0 Å². The van der Waals surface area contributed by atoms with Crippen molar-refractivity contribution < 1.29 is 9.90 Å². The zero-order chi connectivity index (χ0) is 15.0. The molecule has 1 aliphatic heterocycles. The van der Waals surface area contributed by atoms with Gasteiger partial charge in [0.15, 0.2) is 0 Å². The van der Waals surface area contributed by atoms with Crippen molar-refractivity contribution in [3.05, 3.63) is 0 Å². The van der Waals surface area contributed by atoms with E-state index in [-0.39, 0.29) is 11.9 Å². The minimum Gasteiger partial charge on any atom is -0.387 e. The summed E-state index contributed by atoms with van der Waals surface area (Å²) in [7, 11) is 0. The summed E-state index contributed by atoms with van der Waals surface area (Å²) in [5.74, 6) is 0.762. The Morgan fingerprint density at radius 1 is 1.19 bits per heavy atom. The van der Waals surface area contributed by atoms with Crippen LogP contribution in [0.5, 0.6) is 0 Å². The molecule has 2 aliphatic carbocycles. The van der Waals surface area contributed by atoms with Gasteiger partial charge in [0.05, 0.1) is 12.1 Å². The van der Waals surface area contributed by atoms with Crippen LogP contribution in [0.3, 0.4) is 0 Å². The molecule has 0 aromatic heterocycles. The van der Waals surface area contributed by atoms with Crippen LogP contribution in [-0.4, -0.2) is 58.1 Å². The Bertz CT molecular complexity index is 380. The second kappa shape index (κ2) is 5.88. The zero-order valence-corrected chi connectivity index (χ0v) is 13.6. The lowest BCUT2D eigenvalue weighted by atomic mass is 9.88. The van der Waals surface area contributed by atoms with E-state index in [0.717, 1.165) is 12.8 Å². The van der Waals surface area contributed by atoms with E-state index in [9.17, 15) is 9.90 Å². The molecule has 3 rings (SSSR count). The molecule has 4 nitrogen and oxygen atoms in total. The molecule has 4 heteroatoms. The summed E-state index contributed by atoms with van der Waals surface area (Å²) < 4.78 is 0. The molecule has 1 amide bonds. The molecule has 0 bridgehead atoms. The molecule has 1 saturated heterocycles. The first kappa shape index (κ1) is 15.3. The largest absolute Gasteiger partial charge is 0.387 e. The average molecular weight is 294 g/mol. The van der Waals surface area contributed by atoms with Crippen LogP contribution in [0.4, 0.5) is 0 Å². The van der Waals surface area contributed by atoms with E-state index in [4.69, 9.17) is 0 Å². The van der Waals surface area contributed by atoms with Gasteiger partial charge in [-0.15, -0.1) is 0 Å². The minimum absolute atomic E-state index is 0.259. The van der Waals surface area contributed by atoms with Crippen molar-refractivity contribution in [2.45, 2.75) is 76.5 Å². The van der Waals surface area contributed by atoms with E-state index < -0.39 is 5.60 Å². The van der Waals surface area contributed by atoms with Gasteiger partial charge in [0.2, 0.25) is 5.91 Å². The Morgan fingerprint density at radius 3 is 2.33 bits per heavy atom. The van der Waals surface area contributed by atoms with Crippen molar-refractivity contribution >= 4 is 5.91 Å². The SMILES string of the molecule is CC(C)N(C(=O)CN1CC(O)(C2CC2)C1)C1CCCCC1. The fourth-order valence-corrected chi connectivity index (χ4v) is 4.26. The van der Waals surface area contributed by atoms with Crippen molar-refractivity contribution in [2.24, 2.45) is 5.92 Å². The number of aliphatic hydroxyl groups is 1. The summed E-state index contributed by atoms with van der Waals surface area (Å²) in [5.41, 5.74) is -0.478. The minimum atomic E-state index is -0.478. The Labute approximate surface area is 128 Å². The summed E-state index contributed by atoms with van der Waals surface area (Å²) >= 11 is 0. The average Bonchev–Trinajstić information content (AvgIpc) is 3.22. The number of nitrogens with zero attached hydrogens (tertiary/aromatic N) is 2. The molecule has 1 N–H and O–H groups in total. The van der Waals surface area contributed by atoms with E-state index in [1.54, 1.807) is 0 Å². The second-order valence-corrected chi connectivity index (χ2v) is 7.71. The maximum atomic E-state index is 12.7. The topological polar surface area (TPSA) is 43.8 Å². The molecule has 3 aliphatic rings. The lowest BCUT2D eigenvalue weighted by Gasteiger charge is -2.48. The number of carbonyl (C=O) groups excluding carboxylic acids is 1. The number of hydrogen-bond donors (Lipinski definition) is 1. The molecule has 120 valence electrons. The molecule has 2 saturated carbocycles. The van der Waals surface area contributed by atoms with E-state index in [2.05, 4.69) is 23.6 Å². The first-order valence-electron chi connectivity index (χ1n) is 8.75. The summed E-state index contributed by atoms with van der Waals surface area (Å²) in [5, 5.41) is 10.4. The summed E-state index contributed by atoms with van der Waals surface area (Å²) in [4.78, 5) is 16.9. The molecule has 0 spiro atoms. The number of β-amino-alcohol motifs (C(OH)–C–C–N with tert-alkyl or cyclic N) is 1. The van der Waals surface area contributed by atoms with Gasteiger partial charge in [0.25, 0.3) is 0 Å². The Balaban J connectivity index is 1.52. The highest BCUT2D eigenvalue weighted by molar-refractivity contribution is 5.79. The molecule has 0 aromatic carbocycles. The normalized spacial score (nSPS) is 26.7. The number of amides is 1. The van der Waals surface area contributed by atoms with E-state index in [1.807, 2.05) is 0 Å². The van der Waals surface area contributed by atoms with Crippen molar-refractivity contribution in [2.75, 3.05) is 19.6 Å². The third-order valence-electron chi connectivity index (χ3n) is 5.50. The predicted octanol–water partition coefficient (Wildman–Crippen LogP) is 2.01. The fraction of sp³-hybridized carbons (Fsp3) is 0.941. The first-order chi connectivity index (χ1) is 9.99. The predicted molar refractivity (Wildman–Crippen MR) is 83.0 cm³/mol. The van der Waals surface area contributed by atoms with Gasteiger partial charge < -0.3 is 10.0 Å². The number of hydrogen-bond acceptors (Lipinski definition) is 3. The molecule has 0 atom stereocenters. The monoisotopic (exact) mass is 294 g/mol. The van der Waals surface area contributed by atoms with Gasteiger partial charge in [-0.1, -0.05) is 19.3 Å². The van der Waals surface area contributed by atoms with Crippen LogP contribution in [0.15, 0.2) is 0 Å². The lowest BCUT2D eigenvalue weighted by Crippen LogP contribution is -2.65. The Hall–Kier alpha value is -0.610. The summed E-state index contributed by atoms with van der Waals surface area (Å²) in [6, 6.07) is 0.721. The standard InChI is InChI=1S/C17H30N2O2/c1-13(2)19(15-6-4-3-5-7-15)16(20)10-18-11-17(21,12-18)14-8-9-14/h13-15,21H,3-12H2,1-2H3. The highest BCUT2D eigenvalue weighted by Gasteiger charge is 2.52. The molecule has 3 fully saturated rings. The molecular weight excluding hydrogens is 264 g/mol. The van der Waals surface area contributed by atoms with Gasteiger partial charge in [0.1, 0.15) is 0 Å².